The zero-order valence-electron chi connectivity index (χ0n) is 13.3. The monoisotopic (exact) mass is 387 g/mol. The summed E-state index contributed by atoms with van der Waals surface area (Å²) in [5.41, 5.74) is 5.70. The van der Waals surface area contributed by atoms with Crippen LogP contribution < -0.4 is 21.7 Å². The molecule has 25 heavy (non-hydrogen) atoms. The van der Waals surface area contributed by atoms with Crippen molar-refractivity contribution in [1.29, 1.82) is 0 Å². The highest BCUT2D eigenvalue weighted by atomic mass is 35.5. The summed E-state index contributed by atoms with van der Waals surface area (Å²) in [6.07, 6.45) is 0. The fourth-order valence-corrected chi connectivity index (χ4v) is 2.40. The van der Waals surface area contributed by atoms with Crippen molar-refractivity contribution in [2.75, 3.05) is 18.4 Å². The highest BCUT2D eigenvalue weighted by molar-refractivity contribution is 7.14. The standard InChI is InChI=1S/C14H17N5O4S.ClH/c1-8(20)16-5-9-2-3-11(23-9)10-7-24-14(18-10)19-13(22)6-17-12(21)4-15;/h2-3,7H,4-6,15H2,1H3,(H,16,20)(H,17,21)(H,18,19,22);1H. The van der Waals surface area contributed by atoms with Gasteiger partial charge in [-0.1, -0.05) is 0 Å². The maximum Gasteiger partial charge on any atom is 0.245 e. The minimum Gasteiger partial charge on any atom is -0.458 e. The van der Waals surface area contributed by atoms with Gasteiger partial charge in [0.25, 0.3) is 0 Å². The molecule has 0 unspecified atom stereocenters. The SMILES string of the molecule is CC(=O)NCc1ccc(-c2csc(NC(=O)CNC(=O)CN)n2)o1.Cl. The summed E-state index contributed by atoms with van der Waals surface area (Å²) < 4.78 is 5.58. The van der Waals surface area contributed by atoms with E-state index in [1.54, 1.807) is 17.5 Å². The smallest absolute Gasteiger partial charge is 0.245 e. The molecular formula is C14H18ClN5O4S. The van der Waals surface area contributed by atoms with Gasteiger partial charge < -0.3 is 26.1 Å². The number of thiazole rings is 1. The Kier molecular flexibility index (Phi) is 8.05. The van der Waals surface area contributed by atoms with Gasteiger partial charge in [0.1, 0.15) is 11.5 Å². The molecule has 11 heteroatoms. The molecule has 0 bridgehead atoms. The molecule has 0 radical (unpaired) electrons. The van der Waals surface area contributed by atoms with Gasteiger partial charge in [-0.15, -0.1) is 23.7 Å². The number of nitrogens with zero attached hydrogens (tertiary/aromatic N) is 1. The van der Waals surface area contributed by atoms with Crippen LogP contribution in [-0.2, 0) is 20.9 Å². The molecule has 3 amide bonds. The number of nitrogens with two attached hydrogens (primary N) is 1. The second-order valence-electron chi connectivity index (χ2n) is 4.74. The molecule has 0 aliphatic carbocycles. The highest BCUT2D eigenvalue weighted by Crippen LogP contribution is 2.26. The average Bonchev–Trinajstić information content (AvgIpc) is 3.19. The fourth-order valence-electron chi connectivity index (χ4n) is 1.68. The largest absolute Gasteiger partial charge is 0.458 e. The van der Waals surface area contributed by atoms with Crippen LogP contribution >= 0.6 is 23.7 Å². The molecule has 136 valence electrons. The number of hydrogen-bond acceptors (Lipinski definition) is 7. The third kappa shape index (κ3) is 6.53. The number of rotatable bonds is 7. The Bertz CT molecular complexity index is 745. The molecule has 0 aliphatic heterocycles. The van der Waals surface area contributed by atoms with Gasteiger partial charge in [0.2, 0.25) is 17.7 Å². The summed E-state index contributed by atoms with van der Waals surface area (Å²) in [5, 5.41) is 9.69. The number of carbonyl (C=O) groups excluding carboxylic acids is 3. The van der Waals surface area contributed by atoms with E-state index in [4.69, 9.17) is 10.2 Å². The Morgan fingerprint density at radius 3 is 2.68 bits per heavy atom. The van der Waals surface area contributed by atoms with E-state index in [0.29, 0.717) is 28.9 Å². The molecule has 0 saturated heterocycles. The van der Waals surface area contributed by atoms with E-state index in [1.165, 1.54) is 18.3 Å². The molecule has 0 fully saturated rings. The summed E-state index contributed by atoms with van der Waals surface area (Å²) in [4.78, 5) is 37.8. The van der Waals surface area contributed by atoms with Crippen molar-refractivity contribution in [3.05, 3.63) is 23.3 Å². The van der Waals surface area contributed by atoms with Crippen molar-refractivity contribution >= 4 is 46.6 Å². The van der Waals surface area contributed by atoms with E-state index in [2.05, 4.69) is 20.9 Å². The normalized spacial score (nSPS) is 9.84. The molecule has 0 aromatic carbocycles. The maximum atomic E-state index is 11.7. The van der Waals surface area contributed by atoms with Crippen LogP contribution in [0.15, 0.2) is 21.9 Å². The lowest BCUT2D eigenvalue weighted by molar-refractivity contribution is -0.123. The maximum absolute atomic E-state index is 11.7. The van der Waals surface area contributed by atoms with E-state index in [9.17, 15) is 14.4 Å². The summed E-state index contributed by atoms with van der Waals surface area (Å²) in [6, 6.07) is 3.48. The fraction of sp³-hybridized carbons (Fsp3) is 0.286. The third-order valence-electron chi connectivity index (χ3n) is 2.81. The number of hydrogen-bond donors (Lipinski definition) is 4. The van der Waals surface area contributed by atoms with Gasteiger partial charge in [0.05, 0.1) is 19.6 Å². The zero-order valence-corrected chi connectivity index (χ0v) is 15.0. The van der Waals surface area contributed by atoms with E-state index in [0.717, 1.165) is 0 Å². The first-order valence-corrected chi connectivity index (χ1v) is 7.91. The third-order valence-corrected chi connectivity index (χ3v) is 3.57. The van der Waals surface area contributed by atoms with Crippen LogP contribution in [0.1, 0.15) is 12.7 Å². The Morgan fingerprint density at radius 1 is 1.24 bits per heavy atom. The van der Waals surface area contributed by atoms with Gasteiger partial charge in [-0.3, -0.25) is 14.4 Å². The van der Waals surface area contributed by atoms with Gasteiger partial charge in [-0.25, -0.2) is 4.98 Å². The Balaban J connectivity index is 0.00000312. The molecule has 5 N–H and O–H groups in total. The highest BCUT2D eigenvalue weighted by Gasteiger charge is 2.12. The van der Waals surface area contributed by atoms with Crippen LogP contribution in [0, 0.1) is 0 Å². The number of halogens is 1. The predicted octanol–water partition coefficient (Wildman–Crippen LogP) is 0.474. The molecule has 2 rings (SSSR count). The van der Waals surface area contributed by atoms with Gasteiger partial charge >= 0.3 is 0 Å². The van der Waals surface area contributed by atoms with E-state index in [-0.39, 0.29) is 31.4 Å². The molecule has 0 spiro atoms. The van der Waals surface area contributed by atoms with Gasteiger partial charge in [0, 0.05) is 12.3 Å². The molecule has 0 saturated carbocycles. The van der Waals surface area contributed by atoms with Gasteiger partial charge in [0.15, 0.2) is 10.9 Å². The van der Waals surface area contributed by atoms with Crippen molar-refractivity contribution in [3.63, 3.8) is 0 Å². The molecule has 2 heterocycles. The van der Waals surface area contributed by atoms with Crippen LogP contribution in [0.3, 0.4) is 0 Å². The van der Waals surface area contributed by atoms with Crippen molar-refractivity contribution in [1.82, 2.24) is 15.6 Å². The number of amides is 3. The second kappa shape index (κ2) is 9.77. The molecule has 0 aliphatic rings. The lowest BCUT2D eigenvalue weighted by Gasteiger charge is -2.02. The molecule has 2 aromatic heterocycles. The quantitative estimate of drug-likeness (QED) is 0.544. The molecule has 0 atom stereocenters. The van der Waals surface area contributed by atoms with Crippen LogP contribution in [-0.4, -0.2) is 35.8 Å². The number of furan rings is 1. The number of anilines is 1. The van der Waals surface area contributed by atoms with Crippen molar-refractivity contribution < 1.29 is 18.8 Å². The Morgan fingerprint density at radius 2 is 2.00 bits per heavy atom. The number of carbonyl (C=O) groups is 3. The molecular weight excluding hydrogens is 370 g/mol. The van der Waals surface area contributed by atoms with E-state index in [1.807, 2.05) is 0 Å². The zero-order chi connectivity index (χ0) is 17.5. The predicted molar refractivity (Wildman–Crippen MR) is 95.3 cm³/mol. The van der Waals surface area contributed by atoms with Crippen LogP contribution in [0.5, 0.6) is 0 Å². The molecule has 9 nitrogen and oxygen atoms in total. The van der Waals surface area contributed by atoms with Gasteiger partial charge in [-0.05, 0) is 12.1 Å². The Labute approximate surface area is 153 Å². The minimum atomic E-state index is -0.410. The lowest BCUT2D eigenvalue weighted by Crippen LogP contribution is -2.36. The van der Waals surface area contributed by atoms with Crippen molar-refractivity contribution in [2.45, 2.75) is 13.5 Å². The van der Waals surface area contributed by atoms with E-state index < -0.39 is 11.8 Å². The second-order valence-corrected chi connectivity index (χ2v) is 5.60. The van der Waals surface area contributed by atoms with E-state index >= 15 is 0 Å². The summed E-state index contributed by atoms with van der Waals surface area (Å²) >= 11 is 1.23. The summed E-state index contributed by atoms with van der Waals surface area (Å²) in [6.45, 7) is 1.37. The first-order chi connectivity index (χ1) is 11.5. The van der Waals surface area contributed by atoms with Crippen molar-refractivity contribution in [2.24, 2.45) is 5.73 Å². The van der Waals surface area contributed by atoms with Crippen molar-refractivity contribution in [3.8, 4) is 11.5 Å². The Hall–Kier alpha value is -2.43. The van der Waals surface area contributed by atoms with Gasteiger partial charge in [-0.2, -0.15) is 0 Å². The topological polar surface area (TPSA) is 139 Å². The summed E-state index contributed by atoms with van der Waals surface area (Å²) in [7, 11) is 0. The average molecular weight is 388 g/mol. The minimum absolute atomic E-state index is 0. The first-order valence-electron chi connectivity index (χ1n) is 7.03. The lowest BCUT2D eigenvalue weighted by atomic mass is 10.3. The number of aromatic nitrogens is 1. The molecule has 2 aromatic rings. The number of nitrogens with one attached hydrogen (secondary N) is 3. The first kappa shape index (κ1) is 20.6. The van der Waals surface area contributed by atoms with Crippen LogP contribution in [0.2, 0.25) is 0 Å². The van der Waals surface area contributed by atoms with Crippen LogP contribution in [0.4, 0.5) is 5.13 Å². The van der Waals surface area contributed by atoms with Crippen LogP contribution in [0.25, 0.3) is 11.5 Å². The summed E-state index contributed by atoms with van der Waals surface area (Å²) in [5.74, 6) is 0.177.